The van der Waals surface area contributed by atoms with Gasteiger partial charge in [-0.05, 0) is 49.5 Å². The normalized spacial score (nSPS) is 18.2. The molecule has 6 heteroatoms. The summed E-state index contributed by atoms with van der Waals surface area (Å²) >= 11 is 0. The lowest BCUT2D eigenvalue weighted by molar-refractivity contribution is -0.119. The van der Waals surface area contributed by atoms with Crippen LogP contribution in [0.1, 0.15) is 38.2 Å². The van der Waals surface area contributed by atoms with Crippen molar-refractivity contribution in [3.63, 3.8) is 0 Å². The van der Waals surface area contributed by atoms with Crippen molar-refractivity contribution in [2.24, 2.45) is 0 Å². The summed E-state index contributed by atoms with van der Waals surface area (Å²) in [7, 11) is -3.48. The molecule has 1 heterocycles. The van der Waals surface area contributed by atoms with Gasteiger partial charge in [0.2, 0.25) is 5.91 Å². The third-order valence-corrected chi connectivity index (χ3v) is 6.38. The smallest absolute Gasteiger partial charge is 0.245 e. The maximum absolute atomic E-state index is 12.6. The summed E-state index contributed by atoms with van der Waals surface area (Å²) in [6.07, 6.45) is 1.77. The fourth-order valence-electron chi connectivity index (χ4n) is 2.79. The Hall–Kier alpha value is -1.40. The lowest BCUT2D eigenvalue weighted by Crippen LogP contribution is -2.55. The third kappa shape index (κ3) is 3.33. The molecular weight excluding hydrogens is 300 g/mol. The van der Waals surface area contributed by atoms with E-state index in [4.69, 9.17) is 0 Å². The largest absolute Gasteiger partial charge is 0.325 e. The van der Waals surface area contributed by atoms with Crippen molar-refractivity contribution < 1.29 is 13.2 Å². The number of sulfone groups is 1. The number of anilines is 1. The molecular formula is C16H24N2O3S. The number of benzene rings is 1. The van der Waals surface area contributed by atoms with Crippen molar-refractivity contribution in [2.75, 3.05) is 24.7 Å². The Morgan fingerprint density at radius 3 is 2.18 bits per heavy atom. The first-order chi connectivity index (χ1) is 10.3. The van der Waals surface area contributed by atoms with Crippen LogP contribution in [-0.2, 0) is 14.6 Å². The van der Waals surface area contributed by atoms with Crippen LogP contribution in [0.2, 0.25) is 0 Å². The molecule has 0 radical (unpaired) electrons. The van der Waals surface area contributed by atoms with E-state index in [1.165, 1.54) is 5.56 Å². The first-order valence-electron chi connectivity index (χ1n) is 7.58. The number of rotatable bonds is 4. The summed E-state index contributed by atoms with van der Waals surface area (Å²) in [5.41, 5.74) is 1.81. The van der Waals surface area contributed by atoms with Crippen molar-refractivity contribution >= 4 is 21.4 Å². The van der Waals surface area contributed by atoms with Crippen LogP contribution in [-0.4, -0.2) is 38.4 Å². The molecule has 122 valence electrons. The lowest BCUT2D eigenvalue weighted by atomic mass is 9.95. The Morgan fingerprint density at radius 1 is 1.18 bits per heavy atom. The van der Waals surface area contributed by atoms with E-state index >= 15 is 0 Å². The summed E-state index contributed by atoms with van der Waals surface area (Å²) < 4.78 is 23.1. The number of hydrogen-bond donors (Lipinski definition) is 2. The van der Waals surface area contributed by atoms with Gasteiger partial charge in [0.1, 0.15) is 0 Å². The highest BCUT2D eigenvalue weighted by atomic mass is 32.2. The third-order valence-electron chi connectivity index (χ3n) is 4.37. The standard InChI is InChI=1S/C16H24N2O3S/c1-12(2)13-4-6-14(7-5-13)18-15(19)16(22(3,20)21)8-10-17-11-9-16/h4-7,12,17H,8-11H2,1-3H3,(H,18,19). The van der Waals surface area contributed by atoms with E-state index < -0.39 is 20.5 Å². The molecule has 1 aromatic carbocycles. The van der Waals surface area contributed by atoms with Crippen LogP contribution in [0.4, 0.5) is 5.69 Å². The van der Waals surface area contributed by atoms with E-state index in [-0.39, 0.29) is 0 Å². The van der Waals surface area contributed by atoms with Gasteiger partial charge in [-0.15, -0.1) is 0 Å². The number of carbonyl (C=O) groups excluding carboxylic acids is 1. The molecule has 2 rings (SSSR count). The fraction of sp³-hybridized carbons (Fsp3) is 0.562. The number of amides is 1. The number of carbonyl (C=O) groups is 1. The van der Waals surface area contributed by atoms with Crippen molar-refractivity contribution in [3.05, 3.63) is 29.8 Å². The molecule has 1 fully saturated rings. The first-order valence-corrected chi connectivity index (χ1v) is 9.47. The Labute approximate surface area is 132 Å². The SMILES string of the molecule is CC(C)c1ccc(NC(=O)C2(S(C)(=O)=O)CCNCC2)cc1. The van der Waals surface area contributed by atoms with Gasteiger partial charge < -0.3 is 10.6 Å². The molecule has 1 saturated heterocycles. The van der Waals surface area contributed by atoms with E-state index in [9.17, 15) is 13.2 Å². The highest BCUT2D eigenvalue weighted by molar-refractivity contribution is 7.92. The quantitative estimate of drug-likeness (QED) is 0.887. The second kappa shape index (κ2) is 6.38. The van der Waals surface area contributed by atoms with Crippen LogP contribution in [0, 0.1) is 0 Å². The number of piperidine rings is 1. The van der Waals surface area contributed by atoms with Gasteiger partial charge in [-0.2, -0.15) is 0 Å². The minimum absolute atomic E-state index is 0.307. The Bertz CT molecular complexity index is 630. The molecule has 1 aliphatic heterocycles. The summed E-state index contributed by atoms with van der Waals surface area (Å²) in [6.45, 7) is 5.27. The van der Waals surface area contributed by atoms with Crippen molar-refractivity contribution in [1.82, 2.24) is 5.32 Å². The molecule has 1 aromatic rings. The first kappa shape index (κ1) is 17.0. The zero-order valence-corrected chi connectivity index (χ0v) is 14.2. The van der Waals surface area contributed by atoms with E-state index in [1.807, 2.05) is 24.3 Å². The van der Waals surface area contributed by atoms with Gasteiger partial charge in [0.05, 0.1) is 0 Å². The van der Waals surface area contributed by atoms with Crippen LogP contribution in [0.5, 0.6) is 0 Å². The molecule has 0 aromatic heterocycles. The van der Waals surface area contributed by atoms with E-state index in [2.05, 4.69) is 24.5 Å². The van der Waals surface area contributed by atoms with Gasteiger partial charge in [0.25, 0.3) is 0 Å². The molecule has 22 heavy (non-hydrogen) atoms. The van der Waals surface area contributed by atoms with Gasteiger partial charge in [-0.3, -0.25) is 4.79 Å². The van der Waals surface area contributed by atoms with Gasteiger partial charge >= 0.3 is 0 Å². The predicted molar refractivity (Wildman–Crippen MR) is 88.8 cm³/mol. The summed E-state index contributed by atoms with van der Waals surface area (Å²) in [4.78, 5) is 12.6. The van der Waals surface area contributed by atoms with Crippen molar-refractivity contribution in [3.8, 4) is 0 Å². The Morgan fingerprint density at radius 2 is 1.73 bits per heavy atom. The van der Waals surface area contributed by atoms with E-state index in [0.717, 1.165) is 6.26 Å². The van der Waals surface area contributed by atoms with Gasteiger partial charge in [-0.25, -0.2) is 8.42 Å². The molecule has 0 aliphatic carbocycles. The average Bonchev–Trinajstić information content (AvgIpc) is 2.47. The van der Waals surface area contributed by atoms with Crippen LogP contribution >= 0.6 is 0 Å². The van der Waals surface area contributed by atoms with Gasteiger partial charge in [0, 0.05) is 11.9 Å². The summed E-state index contributed by atoms with van der Waals surface area (Å²) in [6, 6.07) is 7.56. The molecule has 1 amide bonds. The molecule has 1 aliphatic rings. The maximum Gasteiger partial charge on any atom is 0.245 e. The highest BCUT2D eigenvalue weighted by Crippen LogP contribution is 2.29. The van der Waals surface area contributed by atoms with Crippen molar-refractivity contribution in [2.45, 2.75) is 37.4 Å². The molecule has 2 N–H and O–H groups in total. The van der Waals surface area contributed by atoms with Crippen LogP contribution in [0.25, 0.3) is 0 Å². The van der Waals surface area contributed by atoms with Gasteiger partial charge in [0.15, 0.2) is 14.6 Å². The second-order valence-corrected chi connectivity index (χ2v) is 8.57. The molecule has 5 nitrogen and oxygen atoms in total. The van der Waals surface area contributed by atoms with Crippen molar-refractivity contribution in [1.29, 1.82) is 0 Å². The fourth-order valence-corrected chi connectivity index (χ4v) is 4.13. The number of nitrogens with one attached hydrogen (secondary N) is 2. The zero-order valence-electron chi connectivity index (χ0n) is 13.3. The maximum atomic E-state index is 12.6. The molecule has 0 bridgehead atoms. The van der Waals surface area contributed by atoms with Crippen LogP contribution < -0.4 is 10.6 Å². The summed E-state index contributed by atoms with van der Waals surface area (Å²) in [5, 5.41) is 5.89. The Kier molecular flexibility index (Phi) is 4.92. The van der Waals surface area contributed by atoms with Gasteiger partial charge in [-0.1, -0.05) is 26.0 Å². The summed E-state index contributed by atoms with van der Waals surface area (Å²) in [5.74, 6) is -0.00895. The minimum atomic E-state index is -3.48. The zero-order chi connectivity index (χ0) is 16.4. The molecule has 0 spiro atoms. The van der Waals surface area contributed by atoms with E-state index in [1.54, 1.807) is 0 Å². The molecule has 0 atom stereocenters. The number of hydrogen-bond acceptors (Lipinski definition) is 4. The topological polar surface area (TPSA) is 75.3 Å². The lowest BCUT2D eigenvalue weighted by Gasteiger charge is -2.34. The van der Waals surface area contributed by atoms with Crippen LogP contribution in [0.15, 0.2) is 24.3 Å². The Balaban J connectivity index is 2.22. The van der Waals surface area contributed by atoms with Crippen LogP contribution in [0.3, 0.4) is 0 Å². The second-order valence-electron chi connectivity index (χ2n) is 6.25. The predicted octanol–water partition coefficient (Wildman–Crippen LogP) is 1.92. The average molecular weight is 324 g/mol. The monoisotopic (exact) mass is 324 g/mol. The van der Waals surface area contributed by atoms with E-state index in [0.29, 0.717) is 37.5 Å². The highest BCUT2D eigenvalue weighted by Gasteiger charge is 2.48. The molecule has 0 saturated carbocycles. The minimum Gasteiger partial charge on any atom is -0.325 e. The molecule has 0 unspecified atom stereocenters.